The fourth-order valence-corrected chi connectivity index (χ4v) is 2.29. The van der Waals surface area contributed by atoms with Crippen molar-refractivity contribution in [1.82, 2.24) is 0 Å². The van der Waals surface area contributed by atoms with Gasteiger partial charge < -0.3 is 18.8 Å². The molecule has 0 amide bonds. The van der Waals surface area contributed by atoms with E-state index in [0.717, 1.165) is 0 Å². The number of hydrogen-bond acceptors (Lipinski definition) is 4. The molecule has 0 aliphatic carbocycles. The maximum absolute atomic E-state index is 13.3. The molecule has 1 aliphatic rings. The monoisotopic (exact) mass is 314 g/mol. The Balaban J connectivity index is 2.47. The molecule has 1 fully saturated rings. The van der Waals surface area contributed by atoms with Gasteiger partial charge in [0.05, 0.1) is 31.0 Å². The normalized spacial score (nSPS) is 19.6. The van der Waals surface area contributed by atoms with Crippen LogP contribution in [0.1, 0.15) is 39.7 Å². The quantitative estimate of drug-likeness (QED) is 0.801. The van der Waals surface area contributed by atoms with Gasteiger partial charge in [-0.05, 0) is 45.3 Å². The Kier molecular flexibility index (Phi) is 4.41. The first kappa shape index (κ1) is 17.0. The summed E-state index contributed by atoms with van der Waals surface area (Å²) in [6.45, 7) is 7.62. The molecule has 4 nitrogen and oxygen atoms in total. The summed E-state index contributed by atoms with van der Waals surface area (Å²) in [7, 11) is 2.00. The minimum absolute atomic E-state index is 0.0257. The van der Waals surface area contributed by atoms with Crippen LogP contribution < -0.4 is 14.9 Å². The summed E-state index contributed by atoms with van der Waals surface area (Å²) < 4.78 is 48.6. The summed E-state index contributed by atoms with van der Waals surface area (Å²) >= 11 is 0. The van der Waals surface area contributed by atoms with E-state index in [0.29, 0.717) is 5.46 Å². The van der Waals surface area contributed by atoms with E-state index in [2.05, 4.69) is 0 Å². The van der Waals surface area contributed by atoms with Gasteiger partial charge in [0.25, 0.3) is 6.43 Å². The molecule has 22 heavy (non-hydrogen) atoms. The van der Waals surface area contributed by atoms with Crippen LogP contribution in [-0.2, 0) is 9.31 Å². The molecule has 1 aromatic carbocycles. The molecule has 0 spiro atoms. The first-order chi connectivity index (χ1) is 10.1. The lowest BCUT2D eigenvalue weighted by atomic mass is 9.78. The van der Waals surface area contributed by atoms with Gasteiger partial charge in [-0.15, -0.1) is 0 Å². The fourth-order valence-electron chi connectivity index (χ4n) is 2.29. The maximum atomic E-state index is 13.3. The van der Waals surface area contributed by atoms with Crippen LogP contribution in [0, 0.1) is 0 Å². The number of rotatable bonds is 4. The third-order valence-corrected chi connectivity index (χ3v) is 4.29. The summed E-state index contributed by atoms with van der Waals surface area (Å²) in [5, 5.41) is 0. The van der Waals surface area contributed by atoms with Crippen molar-refractivity contribution in [2.75, 3.05) is 14.2 Å². The van der Waals surface area contributed by atoms with Crippen molar-refractivity contribution in [1.29, 1.82) is 0 Å². The van der Waals surface area contributed by atoms with E-state index in [9.17, 15) is 8.78 Å². The molecule has 2 rings (SSSR count). The van der Waals surface area contributed by atoms with Crippen LogP contribution in [0.15, 0.2) is 12.1 Å². The predicted octanol–water partition coefficient (Wildman–Crippen LogP) is 2.94. The van der Waals surface area contributed by atoms with Crippen LogP contribution in [0.4, 0.5) is 8.78 Å². The van der Waals surface area contributed by atoms with E-state index in [4.69, 9.17) is 18.8 Å². The van der Waals surface area contributed by atoms with Crippen molar-refractivity contribution in [2.45, 2.75) is 45.3 Å². The van der Waals surface area contributed by atoms with Gasteiger partial charge in [-0.2, -0.15) is 0 Å². The zero-order chi connectivity index (χ0) is 16.7. The molecule has 1 aromatic rings. The highest BCUT2D eigenvalue weighted by molar-refractivity contribution is 6.62. The number of ether oxygens (including phenoxy) is 2. The number of hydrogen-bond donors (Lipinski definition) is 0. The third-order valence-electron chi connectivity index (χ3n) is 4.29. The first-order valence-corrected chi connectivity index (χ1v) is 7.02. The van der Waals surface area contributed by atoms with Gasteiger partial charge in [-0.1, -0.05) is 0 Å². The van der Waals surface area contributed by atoms with Gasteiger partial charge in [-0.25, -0.2) is 8.78 Å². The maximum Gasteiger partial charge on any atom is 0.494 e. The molecule has 0 bridgehead atoms. The molecule has 1 saturated heterocycles. The Labute approximate surface area is 129 Å². The summed E-state index contributed by atoms with van der Waals surface area (Å²) in [4.78, 5) is 0. The Morgan fingerprint density at radius 3 is 1.95 bits per heavy atom. The van der Waals surface area contributed by atoms with Crippen molar-refractivity contribution in [2.24, 2.45) is 0 Å². The second-order valence-electron chi connectivity index (χ2n) is 6.23. The fraction of sp³-hybridized carbons (Fsp3) is 0.600. The van der Waals surface area contributed by atoms with Crippen molar-refractivity contribution >= 4 is 12.6 Å². The molecule has 0 unspecified atom stereocenters. The third kappa shape index (κ3) is 2.79. The number of alkyl halides is 2. The lowest BCUT2D eigenvalue weighted by Gasteiger charge is -2.32. The van der Waals surface area contributed by atoms with Crippen molar-refractivity contribution in [3.63, 3.8) is 0 Å². The minimum atomic E-state index is -2.69. The second kappa shape index (κ2) is 5.70. The van der Waals surface area contributed by atoms with Crippen LogP contribution in [-0.4, -0.2) is 32.5 Å². The topological polar surface area (TPSA) is 36.9 Å². The van der Waals surface area contributed by atoms with Gasteiger partial charge >= 0.3 is 7.12 Å². The number of benzene rings is 1. The Hall–Kier alpha value is -1.34. The zero-order valence-corrected chi connectivity index (χ0v) is 13.7. The highest BCUT2D eigenvalue weighted by Gasteiger charge is 2.52. The molecule has 1 heterocycles. The van der Waals surface area contributed by atoms with E-state index in [-0.39, 0.29) is 17.1 Å². The zero-order valence-electron chi connectivity index (χ0n) is 13.7. The van der Waals surface area contributed by atoms with Crippen LogP contribution in [0.5, 0.6) is 11.5 Å². The Bertz CT molecular complexity index is 545. The van der Waals surface area contributed by atoms with Crippen LogP contribution >= 0.6 is 0 Å². The molecule has 1 aliphatic heterocycles. The summed E-state index contributed by atoms with van der Waals surface area (Å²) in [6.07, 6.45) is -2.69. The van der Waals surface area contributed by atoms with Crippen LogP contribution in [0.25, 0.3) is 0 Å². The van der Waals surface area contributed by atoms with Crippen molar-refractivity contribution in [3.8, 4) is 11.5 Å². The molecule has 122 valence electrons. The SMILES string of the molecule is COc1cc(B2OC(C)(C)C(C)(C)O2)cc(C(F)F)c1OC. The molecular weight excluding hydrogens is 293 g/mol. The highest BCUT2D eigenvalue weighted by atomic mass is 19.3. The smallest absolute Gasteiger partial charge is 0.493 e. The van der Waals surface area contributed by atoms with Gasteiger partial charge in [0.1, 0.15) is 0 Å². The van der Waals surface area contributed by atoms with Gasteiger partial charge in [-0.3, -0.25) is 0 Å². The van der Waals surface area contributed by atoms with Crippen molar-refractivity contribution in [3.05, 3.63) is 17.7 Å². The molecule has 0 aromatic heterocycles. The first-order valence-electron chi connectivity index (χ1n) is 7.02. The Morgan fingerprint density at radius 1 is 1.00 bits per heavy atom. The standard InChI is InChI=1S/C15H21BF2O4/c1-14(2)15(3,4)22-16(21-14)9-7-10(13(17)18)12(20-6)11(8-9)19-5/h7-8,13H,1-6H3. The predicted molar refractivity (Wildman–Crippen MR) is 80.2 cm³/mol. The molecule has 0 saturated carbocycles. The van der Waals surface area contributed by atoms with Gasteiger partial charge in [0.2, 0.25) is 0 Å². The second-order valence-corrected chi connectivity index (χ2v) is 6.23. The van der Waals surface area contributed by atoms with E-state index >= 15 is 0 Å². The van der Waals surface area contributed by atoms with E-state index < -0.39 is 24.7 Å². The minimum Gasteiger partial charge on any atom is -0.493 e. The molecule has 0 N–H and O–H groups in total. The van der Waals surface area contributed by atoms with Gasteiger partial charge in [0, 0.05) is 0 Å². The average Bonchev–Trinajstić information content (AvgIpc) is 2.65. The Morgan fingerprint density at radius 2 is 1.55 bits per heavy atom. The van der Waals surface area contributed by atoms with Gasteiger partial charge in [0.15, 0.2) is 11.5 Å². The van der Waals surface area contributed by atoms with E-state index in [1.165, 1.54) is 20.3 Å². The summed E-state index contributed by atoms with van der Waals surface area (Å²) in [5.74, 6) is 0.253. The largest absolute Gasteiger partial charge is 0.494 e. The number of halogens is 2. The number of methoxy groups -OCH3 is 2. The lowest BCUT2D eigenvalue weighted by Crippen LogP contribution is -2.41. The van der Waals surface area contributed by atoms with E-state index in [1.807, 2.05) is 27.7 Å². The average molecular weight is 314 g/mol. The molecule has 0 radical (unpaired) electrons. The van der Waals surface area contributed by atoms with Crippen LogP contribution in [0.2, 0.25) is 0 Å². The van der Waals surface area contributed by atoms with Crippen LogP contribution in [0.3, 0.4) is 0 Å². The van der Waals surface area contributed by atoms with E-state index in [1.54, 1.807) is 6.07 Å². The summed E-state index contributed by atoms with van der Waals surface area (Å²) in [5.41, 5.74) is -0.857. The molecular formula is C15H21BF2O4. The molecule has 7 heteroatoms. The summed E-state index contributed by atoms with van der Waals surface area (Å²) in [6, 6.07) is 2.95. The highest BCUT2D eigenvalue weighted by Crippen LogP contribution is 2.39. The molecule has 0 atom stereocenters. The van der Waals surface area contributed by atoms with Crippen molar-refractivity contribution < 1.29 is 27.6 Å². The lowest BCUT2D eigenvalue weighted by molar-refractivity contribution is 0.00578.